The van der Waals surface area contributed by atoms with Crippen molar-refractivity contribution in [1.29, 1.82) is 0 Å². The van der Waals surface area contributed by atoms with E-state index < -0.39 is 0 Å². The SMILES string of the molecule is O=C(COCc1ccccc1)OCc1ccc(Cl)cc1. The Morgan fingerprint density at radius 1 is 0.900 bits per heavy atom. The third kappa shape index (κ3) is 5.03. The predicted octanol–water partition coefficient (Wildman–Crippen LogP) is 3.60. The Hall–Kier alpha value is -1.84. The first-order chi connectivity index (χ1) is 9.74. The van der Waals surface area contributed by atoms with Crippen LogP contribution >= 0.6 is 11.6 Å². The second kappa shape index (κ2) is 7.68. The number of carbonyl (C=O) groups excluding carboxylic acids is 1. The summed E-state index contributed by atoms with van der Waals surface area (Å²) in [6, 6.07) is 16.8. The number of halogens is 1. The summed E-state index contributed by atoms with van der Waals surface area (Å²) in [5.74, 6) is -0.379. The average Bonchev–Trinajstić information content (AvgIpc) is 2.48. The van der Waals surface area contributed by atoms with Gasteiger partial charge in [-0.25, -0.2) is 4.79 Å². The molecule has 0 aliphatic rings. The minimum absolute atomic E-state index is 0.0531. The van der Waals surface area contributed by atoms with Crippen LogP contribution in [0, 0.1) is 0 Å². The molecular weight excluding hydrogens is 276 g/mol. The molecule has 0 spiro atoms. The van der Waals surface area contributed by atoms with Crippen LogP contribution in [0.3, 0.4) is 0 Å². The molecule has 0 saturated carbocycles. The van der Waals surface area contributed by atoms with Gasteiger partial charge in [-0.2, -0.15) is 0 Å². The van der Waals surface area contributed by atoms with Crippen LogP contribution in [0.5, 0.6) is 0 Å². The largest absolute Gasteiger partial charge is 0.459 e. The highest BCUT2D eigenvalue weighted by atomic mass is 35.5. The number of hydrogen-bond acceptors (Lipinski definition) is 3. The van der Waals surface area contributed by atoms with Gasteiger partial charge in [0.25, 0.3) is 0 Å². The van der Waals surface area contributed by atoms with E-state index in [-0.39, 0.29) is 19.2 Å². The van der Waals surface area contributed by atoms with Gasteiger partial charge in [0.2, 0.25) is 0 Å². The van der Waals surface area contributed by atoms with Crippen molar-refractivity contribution >= 4 is 17.6 Å². The fraction of sp³-hybridized carbons (Fsp3) is 0.188. The molecule has 0 fully saturated rings. The maximum Gasteiger partial charge on any atom is 0.332 e. The highest BCUT2D eigenvalue weighted by Crippen LogP contribution is 2.10. The lowest BCUT2D eigenvalue weighted by molar-refractivity contribution is -0.150. The van der Waals surface area contributed by atoms with E-state index >= 15 is 0 Å². The van der Waals surface area contributed by atoms with Gasteiger partial charge in [-0.1, -0.05) is 54.1 Å². The molecule has 0 atom stereocenters. The van der Waals surface area contributed by atoms with Gasteiger partial charge in [-0.3, -0.25) is 0 Å². The summed E-state index contributed by atoms with van der Waals surface area (Å²) < 4.78 is 10.4. The molecule has 0 heterocycles. The minimum atomic E-state index is -0.379. The Labute approximate surface area is 123 Å². The third-order valence-electron chi connectivity index (χ3n) is 2.64. The Morgan fingerprint density at radius 2 is 1.55 bits per heavy atom. The number of benzene rings is 2. The molecular formula is C16H15ClO3. The van der Waals surface area contributed by atoms with E-state index in [1.54, 1.807) is 12.1 Å². The zero-order valence-electron chi connectivity index (χ0n) is 10.9. The van der Waals surface area contributed by atoms with Crippen molar-refractivity contribution in [2.24, 2.45) is 0 Å². The van der Waals surface area contributed by atoms with Gasteiger partial charge in [0.05, 0.1) is 6.61 Å². The summed E-state index contributed by atoms with van der Waals surface area (Å²) in [4.78, 5) is 11.5. The van der Waals surface area contributed by atoms with Crippen LogP contribution in [0.1, 0.15) is 11.1 Å². The minimum Gasteiger partial charge on any atom is -0.459 e. The summed E-state index contributed by atoms with van der Waals surface area (Å²) in [7, 11) is 0. The number of carbonyl (C=O) groups is 1. The first kappa shape index (κ1) is 14.6. The van der Waals surface area contributed by atoms with Crippen LogP contribution in [0.15, 0.2) is 54.6 Å². The van der Waals surface area contributed by atoms with Crippen LogP contribution in [0.4, 0.5) is 0 Å². The number of esters is 1. The van der Waals surface area contributed by atoms with Crippen molar-refractivity contribution < 1.29 is 14.3 Å². The third-order valence-corrected chi connectivity index (χ3v) is 2.90. The molecule has 0 aliphatic carbocycles. The van der Waals surface area contributed by atoms with Crippen LogP contribution < -0.4 is 0 Å². The molecule has 2 aromatic rings. The molecule has 0 aromatic heterocycles. The number of rotatable bonds is 6. The van der Waals surface area contributed by atoms with Crippen molar-refractivity contribution in [1.82, 2.24) is 0 Å². The molecule has 0 aliphatic heterocycles. The van der Waals surface area contributed by atoms with Crippen LogP contribution in [0.2, 0.25) is 5.02 Å². The van der Waals surface area contributed by atoms with E-state index in [9.17, 15) is 4.79 Å². The fourth-order valence-corrected chi connectivity index (χ4v) is 1.74. The molecule has 0 radical (unpaired) electrons. The monoisotopic (exact) mass is 290 g/mol. The van der Waals surface area contributed by atoms with Crippen molar-refractivity contribution in [3.63, 3.8) is 0 Å². The number of ether oxygens (including phenoxy) is 2. The van der Waals surface area contributed by atoms with Gasteiger partial charge in [0, 0.05) is 5.02 Å². The average molecular weight is 291 g/mol. The summed E-state index contributed by atoms with van der Waals surface area (Å²) in [6.45, 7) is 0.573. The summed E-state index contributed by atoms with van der Waals surface area (Å²) in [5, 5.41) is 0.659. The molecule has 0 bridgehead atoms. The smallest absolute Gasteiger partial charge is 0.332 e. The molecule has 3 nitrogen and oxygen atoms in total. The summed E-state index contributed by atoms with van der Waals surface area (Å²) in [5.41, 5.74) is 1.92. The molecule has 104 valence electrons. The zero-order valence-corrected chi connectivity index (χ0v) is 11.7. The topological polar surface area (TPSA) is 35.5 Å². The second-order valence-electron chi connectivity index (χ2n) is 4.27. The van der Waals surface area contributed by atoms with E-state index in [0.717, 1.165) is 11.1 Å². The van der Waals surface area contributed by atoms with E-state index in [2.05, 4.69) is 0 Å². The molecule has 2 rings (SSSR count). The summed E-state index contributed by atoms with van der Waals surface area (Å²) >= 11 is 5.77. The van der Waals surface area contributed by atoms with E-state index in [1.165, 1.54) is 0 Å². The Balaban J connectivity index is 1.67. The lowest BCUT2D eigenvalue weighted by Crippen LogP contribution is -2.12. The predicted molar refractivity (Wildman–Crippen MR) is 77.3 cm³/mol. The molecule has 0 unspecified atom stereocenters. The highest BCUT2D eigenvalue weighted by molar-refractivity contribution is 6.30. The maximum atomic E-state index is 11.5. The van der Waals surface area contributed by atoms with Gasteiger partial charge in [0.1, 0.15) is 13.2 Å². The maximum absolute atomic E-state index is 11.5. The lowest BCUT2D eigenvalue weighted by atomic mass is 10.2. The zero-order chi connectivity index (χ0) is 14.2. The molecule has 0 N–H and O–H groups in total. The van der Waals surface area contributed by atoms with Crippen LogP contribution in [-0.2, 0) is 27.5 Å². The Bertz CT molecular complexity index is 537. The van der Waals surface area contributed by atoms with Crippen molar-refractivity contribution in [3.05, 3.63) is 70.7 Å². The first-order valence-corrected chi connectivity index (χ1v) is 6.63. The molecule has 0 saturated heterocycles. The normalized spacial score (nSPS) is 10.2. The quantitative estimate of drug-likeness (QED) is 0.763. The highest BCUT2D eigenvalue weighted by Gasteiger charge is 2.04. The molecule has 4 heteroatoms. The van der Waals surface area contributed by atoms with Gasteiger partial charge < -0.3 is 9.47 Å². The second-order valence-corrected chi connectivity index (χ2v) is 4.70. The first-order valence-electron chi connectivity index (χ1n) is 6.26. The van der Waals surface area contributed by atoms with E-state index in [4.69, 9.17) is 21.1 Å². The van der Waals surface area contributed by atoms with Gasteiger partial charge in [-0.05, 0) is 23.3 Å². The van der Waals surface area contributed by atoms with E-state index in [1.807, 2.05) is 42.5 Å². The van der Waals surface area contributed by atoms with Crippen molar-refractivity contribution in [2.75, 3.05) is 6.61 Å². The van der Waals surface area contributed by atoms with Crippen LogP contribution in [0.25, 0.3) is 0 Å². The van der Waals surface area contributed by atoms with E-state index in [0.29, 0.717) is 11.6 Å². The Kier molecular flexibility index (Phi) is 5.59. The number of hydrogen-bond donors (Lipinski definition) is 0. The summed E-state index contributed by atoms with van der Waals surface area (Å²) in [6.07, 6.45) is 0. The molecule has 20 heavy (non-hydrogen) atoms. The Morgan fingerprint density at radius 3 is 2.25 bits per heavy atom. The lowest BCUT2D eigenvalue weighted by Gasteiger charge is -2.06. The van der Waals surface area contributed by atoms with Gasteiger partial charge in [0.15, 0.2) is 0 Å². The van der Waals surface area contributed by atoms with Gasteiger partial charge >= 0.3 is 5.97 Å². The van der Waals surface area contributed by atoms with Crippen molar-refractivity contribution in [3.8, 4) is 0 Å². The molecule has 0 amide bonds. The standard InChI is InChI=1S/C16H15ClO3/c17-15-8-6-14(7-9-15)11-20-16(18)12-19-10-13-4-2-1-3-5-13/h1-9H,10-12H2. The van der Waals surface area contributed by atoms with Crippen molar-refractivity contribution in [2.45, 2.75) is 13.2 Å². The van der Waals surface area contributed by atoms with Crippen LogP contribution in [-0.4, -0.2) is 12.6 Å². The van der Waals surface area contributed by atoms with Gasteiger partial charge in [-0.15, -0.1) is 0 Å². The fourth-order valence-electron chi connectivity index (χ4n) is 1.61. The molecule has 2 aromatic carbocycles.